The van der Waals surface area contributed by atoms with Crippen LogP contribution < -0.4 is 0 Å². The third-order valence-corrected chi connectivity index (χ3v) is 5.70. The number of hydrogen-bond acceptors (Lipinski definition) is 4. The number of aliphatic hydroxyl groups excluding tert-OH is 1. The van der Waals surface area contributed by atoms with Gasteiger partial charge in [0.1, 0.15) is 5.76 Å². The van der Waals surface area contributed by atoms with Gasteiger partial charge in [0.15, 0.2) is 11.4 Å². The Labute approximate surface area is 231 Å². The first-order valence-corrected chi connectivity index (χ1v) is 11.7. The largest absolute Gasteiger partial charge is 0.512 e. The number of aliphatic hydroxyl groups is 1. The van der Waals surface area contributed by atoms with Gasteiger partial charge < -0.3 is 9.52 Å². The number of rotatable bonds is 4. The van der Waals surface area contributed by atoms with Crippen molar-refractivity contribution in [3.05, 3.63) is 114 Å². The van der Waals surface area contributed by atoms with Crippen LogP contribution >= 0.6 is 0 Å². The molecule has 0 spiro atoms. The van der Waals surface area contributed by atoms with Crippen molar-refractivity contribution in [2.24, 2.45) is 0 Å². The molecule has 0 saturated heterocycles. The Bertz CT molecular complexity index is 1530. The molecule has 0 aliphatic heterocycles. The van der Waals surface area contributed by atoms with Crippen molar-refractivity contribution in [3.63, 3.8) is 0 Å². The topological polar surface area (TPSA) is 63.3 Å². The molecule has 37 heavy (non-hydrogen) atoms. The van der Waals surface area contributed by atoms with E-state index >= 15 is 0 Å². The number of allylic oxidation sites excluding steroid dienone is 2. The number of fused-ring (bicyclic) bond motifs is 1. The Hall–Kier alpha value is -3.79. The van der Waals surface area contributed by atoms with Crippen molar-refractivity contribution >= 4 is 16.9 Å². The fourth-order valence-electron chi connectivity index (χ4n) is 4.12. The minimum atomic E-state index is -0.125. The van der Waals surface area contributed by atoms with Crippen LogP contribution in [0, 0.1) is 19.9 Å². The molecule has 5 heteroatoms. The number of hydrogen-bond donors (Lipinski definition) is 1. The van der Waals surface area contributed by atoms with Gasteiger partial charge in [-0.25, -0.2) is 0 Å². The van der Waals surface area contributed by atoms with Crippen molar-refractivity contribution < 1.29 is 34.4 Å². The van der Waals surface area contributed by atoms with Crippen LogP contribution in [0.1, 0.15) is 25.0 Å². The van der Waals surface area contributed by atoms with Crippen molar-refractivity contribution in [2.75, 3.05) is 0 Å². The quantitative estimate of drug-likeness (QED) is 0.119. The van der Waals surface area contributed by atoms with E-state index in [1.807, 2.05) is 30.3 Å². The van der Waals surface area contributed by atoms with E-state index in [-0.39, 0.29) is 31.6 Å². The molecule has 3 aromatic carbocycles. The SMILES string of the molecule is CC(=O)/C=C(/C)O.Cc1cccc(C)c1-c1cc2nc(-c3[c-]ccc(-c4ccccc4)c3)ccc2o1.[Ir]. The van der Waals surface area contributed by atoms with E-state index in [4.69, 9.17) is 14.5 Å². The van der Waals surface area contributed by atoms with Crippen LogP contribution in [0.15, 0.2) is 101 Å². The molecule has 1 N–H and O–H groups in total. The number of aryl methyl sites for hydroxylation is 2. The summed E-state index contributed by atoms with van der Waals surface area (Å²) in [7, 11) is 0. The number of pyridine rings is 1. The number of carbonyl (C=O) groups excluding carboxylic acids is 1. The summed E-state index contributed by atoms with van der Waals surface area (Å²) in [5.41, 5.74) is 9.41. The number of ketones is 1. The van der Waals surface area contributed by atoms with Crippen molar-refractivity contribution in [3.8, 4) is 33.7 Å². The summed E-state index contributed by atoms with van der Waals surface area (Å²) in [6.07, 6.45) is 1.17. The third kappa shape index (κ3) is 6.91. The molecule has 1 radical (unpaired) electrons. The molecule has 0 amide bonds. The average molecular weight is 667 g/mol. The maximum atomic E-state index is 10.0. The Morgan fingerprint density at radius 2 is 1.59 bits per heavy atom. The van der Waals surface area contributed by atoms with Crippen LogP contribution in [0.4, 0.5) is 0 Å². The molecular weight excluding hydrogens is 639 g/mol. The summed E-state index contributed by atoms with van der Waals surface area (Å²) in [6.45, 7) is 7.07. The average Bonchev–Trinajstić information content (AvgIpc) is 3.27. The van der Waals surface area contributed by atoms with E-state index in [9.17, 15) is 4.79 Å². The smallest absolute Gasteiger partial charge is 0.155 e. The molecule has 0 atom stereocenters. The summed E-state index contributed by atoms with van der Waals surface area (Å²) in [6, 6.07) is 32.2. The van der Waals surface area contributed by atoms with Gasteiger partial charge in [0.25, 0.3) is 0 Å². The summed E-state index contributed by atoms with van der Waals surface area (Å²) in [5, 5.41) is 8.36. The van der Waals surface area contributed by atoms with Crippen LogP contribution in [0.25, 0.3) is 44.8 Å². The number of benzene rings is 3. The molecule has 0 unspecified atom stereocenters. The summed E-state index contributed by atoms with van der Waals surface area (Å²) in [4.78, 5) is 14.9. The first-order valence-electron chi connectivity index (χ1n) is 11.7. The molecule has 2 aromatic heterocycles. The number of furan rings is 1. The van der Waals surface area contributed by atoms with Crippen molar-refractivity contribution in [1.82, 2.24) is 4.98 Å². The minimum absolute atomic E-state index is 0. The summed E-state index contributed by atoms with van der Waals surface area (Å²) >= 11 is 0. The van der Waals surface area contributed by atoms with E-state index in [1.165, 1.54) is 36.6 Å². The molecular formula is C32H28IrNO3-. The fourth-order valence-corrected chi connectivity index (χ4v) is 4.12. The number of nitrogens with zero attached hydrogens (tertiary/aromatic N) is 1. The van der Waals surface area contributed by atoms with Gasteiger partial charge in [-0.05, 0) is 56.1 Å². The third-order valence-electron chi connectivity index (χ3n) is 5.70. The molecule has 0 aliphatic carbocycles. The number of carbonyl (C=O) groups is 1. The van der Waals surface area contributed by atoms with Gasteiger partial charge in [0.2, 0.25) is 0 Å². The second kappa shape index (κ2) is 12.4. The summed E-state index contributed by atoms with van der Waals surface area (Å²) in [5.74, 6) is 0.801. The zero-order valence-electron chi connectivity index (χ0n) is 21.2. The molecule has 0 saturated carbocycles. The molecule has 5 aromatic rings. The van der Waals surface area contributed by atoms with Gasteiger partial charge in [-0.2, -0.15) is 0 Å². The standard InChI is InChI=1S/C27H20NO.C5H8O2.Ir/c1-18-8-6-9-19(2)27(18)26-17-24-25(29-26)15-14-23(28-24)22-13-7-12-21(16-22)20-10-4-3-5-11-20;1-4(6)3-5(2)7;/h3-12,14-17H,1-2H3;3,6H,1-2H3;/q-1;;/b;4-3-;. The van der Waals surface area contributed by atoms with Gasteiger partial charge in [0.05, 0.1) is 11.3 Å². The summed E-state index contributed by atoms with van der Waals surface area (Å²) < 4.78 is 6.13. The molecule has 189 valence electrons. The van der Waals surface area contributed by atoms with Gasteiger partial charge in [-0.3, -0.25) is 9.78 Å². The second-order valence-corrected chi connectivity index (χ2v) is 8.71. The van der Waals surface area contributed by atoms with E-state index in [1.54, 1.807) is 0 Å². The van der Waals surface area contributed by atoms with Gasteiger partial charge in [-0.1, -0.05) is 54.6 Å². The molecule has 2 heterocycles. The normalized spacial score (nSPS) is 10.9. The zero-order chi connectivity index (χ0) is 25.7. The van der Waals surface area contributed by atoms with Crippen LogP contribution in [0.2, 0.25) is 0 Å². The van der Waals surface area contributed by atoms with Gasteiger partial charge in [0, 0.05) is 37.8 Å². The Morgan fingerprint density at radius 3 is 2.22 bits per heavy atom. The monoisotopic (exact) mass is 667 g/mol. The Morgan fingerprint density at radius 1 is 0.892 bits per heavy atom. The van der Waals surface area contributed by atoms with Crippen LogP contribution in [0.5, 0.6) is 0 Å². The molecule has 4 nitrogen and oxygen atoms in total. The minimum Gasteiger partial charge on any atom is -0.512 e. The van der Waals surface area contributed by atoms with Crippen molar-refractivity contribution in [1.29, 1.82) is 0 Å². The first-order chi connectivity index (χ1) is 17.3. The molecule has 0 bridgehead atoms. The molecule has 0 fully saturated rings. The van der Waals surface area contributed by atoms with E-state index < -0.39 is 0 Å². The van der Waals surface area contributed by atoms with Crippen LogP contribution in [0.3, 0.4) is 0 Å². The fraction of sp³-hybridized carbons (Fsp3) is 0.125. The first kappa shape index (κ1) is 27.8. The van der Waals surface area contributed by atoms with Crippen LogP contribution in [-0.2, 0) is 24.9 Å². The predicted molar refractivity (Wildman–Crippen MR) is 146 cm³/mol. The predicted octanol–water partition coefficient (Wildman–Crippen LogP) is 8.28. The number of aromatic nitrogens is 1. The molecule has 0 aliphatic rings. The maximum absolute atomic E-state index is 10.0. The van der Waals surface area contributed by atoms with E-state index in [0.29, 0.717) is 0 Å². The van der Waals surface area contributed by atoms with Crippen molar-refractivity contribution in [2.45, 2.75) is 27.7 Å². The zero-order valence-corrected chi connectivity index (χ0v) is 23.6. The van der Waals surface area contributed by atoms with E-state index in [2.05, 4.69) is 74.5 Å². The Kier molecular flexibility index (Phi) is 9.35. The van der Waals surface area contributed by atoms with Gasteiger partial charge in [-0.15, -0.1) is 35.4 Å². The van der Waals surface area contributed by atoms with Gasteiger partial charge >= 0.3 is 0 Å². The van der Waals surface area contributed by atoms with E-state index in [0.717, 1.165) is 39.2 Å². The molecule has 5 rings (SSSR count). The maximum Gasteiger partial charge on any atom is 0.155 e. The Balaban J connectivity index is 0.000000422. The van der Waals surface area contributed by atoms with Crippen LogP contribution in [-0.4, -0.2) is 15.9 Å². The second-order valence-electron chi connectivity index (χ2n) is 8.71.